The van der Waals surface area contributed by atoms with Crippen LogP contribution in [0, 0.1) is 0 Å². The number of hydrogen-bond donors (Lipinski definition) is 0. The van der Waals surface area contributed by atoms with Gasteiger partial charge in [0.15, 0.2) is 0 Å². The van der Waals surface area contributed by atoms with Crippen molar-refractivity contribution in [2.45, 2.75) is 18.5 Å². The summed E-state index contributed by atoms with van der Waals surface area (Å²) in [5.74, 6) is 0. The molecule has 0 N–H and O–H groups in total. The fourth-order valence-electron chi connectivity index (χ4n) is 2.06. The second-order valence-corrected chi connectivity index (χ2v) is 13.3. The average molecular weight is 391 g/mol. The summed E-state index contributed by atoms with van der Waals surface area (Å²) >= 11 is 0. The standard InChI is InChI=1S/C11H30O9Si3/c1-12-21(13-2,14-3)10-9-11-22(15-4,16-5)20-23(17-6,18-7)19-8/h9-11H2,1-8H3. The molecule has 12 heteroatoms. The predicted molar refractivity (Wildman–Crippen MR) is 88.7 cm³/mol. The van der Waals surface area contributed by atoms with Gasteiger partial charge in [-0.1, -0.05) is 0 Å². The Morgan fingerprint density at radius 3 is 1.13 bits per heavy atom. The second-order valence-electron chi connectivity index (χ2n) is 4.45. The molecule has 0 radical (unpaired) electrons. The van der Waals surface area contributed by atoms with E-state index in [4.69, 9.17) is 39.5 Å². The van der Waals surface area contributed by atoms with Gasteiger partial charge >= 0.3 is 26.7 Å². The molecule has 0 saturated heterocycles. The van der Waals surface area contributed by atoms with Gasteiger partial charge in [-0.25, -0.2) is 0 Å². The lowest BCUT2D eigenvalue weighted by Crippen LogP contribution is -2.58. The van der Waals surface area contributed by atoms with Crippen molar-refractivity contribution < 1.29 is 39.5 Å². The van der Waals surface area contributed by atoms with E-state index in [1.165, 1.54) is 35.5 Å². The van der Waals surface area contributed by atoms with Gasteiger partial charge in [0.25, 0.3) is 0 Å². The summed E-state index contributed by atoms with van der Waals surface area (Å²) in [4.78, 5) is 0. The maximum atomic E-state index is 5.95. The van der Waals surface area contributed by atoms with Crippen LogP contribution in [0.1, 0.15) is 6.42 Å². The third-order valence-electron chi connectivity index (χ3n) is 3.55. The van der Waals surface area contributed by atoms with Crippen LogP contribution in [0.15, 0.2) is 0 Å². The molecule has 9 nitrogen and oxygen atoms in total. The van der Waals surface area contributed by atoms with Crippen molar-refractivity contribution in [3.63, 3.8) is 0 Å². The van der Waals surface area contributed by atoms with Crippen LogP contribution >= 0.6 is 0 Å². The van der Waals surface area contributed by atoms with Crippen LogP contribution in [0.25, 0.3) is 0 Å². The summed E-state index contributed by atoms with van der Waals surface area (Å²) in [7, 11) is 3.19. The highest BCUT2D eigenvalue weighted by Crippen LogP contribution is 2.26. The molecule has 0 rings (SSSR count). The van der Waals surface area contributed by atoms with Gasteiger partial charge in [0.1, 0.15) is 0 Å². The van der Waals surface area contributed by atoms with Gasteiger partial charge in [0.2, 0.25) is 0 Å². The van der Waals surface area contributed by atoms with Gasteiger partial charge in [-0.05, 0) is 6.42 Å². The largest absolute Gasteiger partial charge is 0.671 e. The molecule has 0 fully saturated rings. The molecule has 0 spiro atoms. The summed E-state index contributed by atoms with van der Waals surface area (Å²) in [5.41, 5.74) is 0. The maximum absolute atomic E-state index is 5.95. The Labute approximate surface area is 142 Å². The Kier molecular flexibility index (Phi) is 11.2. The first-order valence-corrected chi connectivity index (χ1v) is 12.5. The molecule has 140 valence electrons. The smallest absolute Gasteiger partial charge is 0.377 e. The SMILES string of the molecule is CO[Si](CCC[Si](OC)(OC)O[Si](OC)(OC)OC)(OC)OC. The Morgan fingerprint density at radius 2 is 0.826 bits per heavy atom. The third-order valence-corrected chi connectivity index (χ3v) is 12.3. The fourth-order valence-corrected chi connectivity index (χ4v) is 9.42. The molecule has 0 aliphatic heterocycles. The Hall–Kier alpha value is 0.291. The van der Waals surface area contributed by atoms with E-state index < -0.39 is 26.7 Å². The van der Waals surface area contributed by atoms with Crippen LogP contribution in [0.4, 0.5) is 0 Å². The summed E-state index contributed by atoms with van der Waals surface area (Å²) in [6.45, 7) is 0. The topological polar surface area (TPSA) is 83.1 Å². The van der Waals surface area contributed by atoms with Crippen molar-refractivity contribution in [3.05, 3.63) is 0 Å². The first-order valence-electron chi connectivity index (χ1n) is 7.01. The van der Waals surface area contributed by atoms with E-state index in [-0.39, 0.29) is 0 Å². The molecule has 0 heterocycles. The number of hydrogen-bond acceptors (Lipinski definition) is 9. The molecule has 23 heavy (non-hydrogen) atoms. The monoisotopic (exact) mass is 390 g/mol. The lowest BCUT2D eigenvalue weighted by Gasteiger charge is -2.34. The van der Waals surface area contributed by atoms with Gasteiger partial charge in [0.05, 0.1) is 0 Å². The van der Waals surface area contributed by atoms with Crippen LogP contribution in [-0.4, -0.2) is 83.5 Å². The minimum Gasteiger partial charge on any atom is -0.377 e. The molecule has 0 aromatic heterocycles. The second kappa shape index (κ2) is 11.0. The lowest BCUT2D eigenvalue weighted by molar-refractivity contribution is 0.0144. The van der Waals surface area contributed by atoms with Gasteiger partial charge in [0, 0.05) is 69.0 Å². The van der Waals surface area contributed by atoms with Crippen molar-refractivity contribution in [2.24, 2.45) is 0 Å². The quantitative estimate of drug-likeness (QED) is 0.401. The van der Waals surface area contributed by atoms with Crippen LogP contribution < -0.4 is 0 Å². The Bertz CT molecular complexity index is 293. The zero-order chi connectivity index (χ0) is 18.0. The van der Waals surface area contributed by atoms with E-state index in [2.05, 4.69) is 0 Å². The third kappa shape index (κ3) is 6.26. The fraction of sp³-hybridized carbons (Fsp3) is 1.00. The minimum absolute atomic E-state index is 0.510. The Balaban J connectivity index is 4.97. The molecule has 0 aliphatic rings. The lowest BCUT2D eigenvalue weighted by atomic mass is 10.6. The van der Waals surface area contributed by atoms with Gasteiger partial charge in [-0.3, -0.25) is 0 Å². The molecular weight excluding hydrogens is 360 g/mol. The van der Waals surface area contributed by atoms with Gasteiger partial charge in [-0.2, -0.15) is 0 Å². The zero-order valence-electron chi connectivity index (χ0n) is 15.3. The molecule has 0 amide bonds. The summed E-state index contributed by atoms with van der Waals surface area (Å²) in [6, 6.07) is 1.11. The van der Waals surface area contributed by atoms with E-state index in [1.807, 2.05) is 0 Å². The molecule has 0 atom stereocenters. The highest BCUT2D eigenvalue weighted by Gasteiger charge is 2.54. The van der Waals surface area contributed by atoms with Crippen molar-refractivity contribution in [3.8, 4) is 0 Å². The van der Waals surface area contributed by atoms with E-state index in [0.29, 0.717) is 18.5 Å². The van der Waals surface area contributed by atoms with Crippen molar-refractivity contribution in [2.75, 3.05) is 56.9 Å². The highest BCUT2D eigenvalue weighted by molar-refractivity contribution is 6.72. The summed E-state index contributed by atoms with van der Waals surface area (Å²) in [6.07, 6.45) is 0.664. The maximum Gasteiger partial charge on any atom is 0.671 e. The molecule has 0 unspecified atom stereocenters. The van der Waals surface area contributed by atoms with Crippen molar-refractivity contribution in [1.82, 2.24) is 0 Å². The van der Waals surface area contributed by atoms with Crippen LogP contribution in [0.3, 0.4) is 0 Å². The normalized spacial score (nSPS) is 13.6. The minimum atomic E-state index is -3.29. The van der Waals surface area contributed by atoms with Gasteiger partial charge in [-0.15, -0.1) is 0 Å². The van der Waals surface area contributed by atoms with E-state index in [1.54, 1.807) is 21.3 Å². The predicted octanol–water partition coefficient (Wildman–Crippen LogP) is 0.878. The van der Waals surface area contributed by atoms with Crippen molar-refractivity contribution >= 4 is 26.7 Å². The van der Waals surface area contributed by atoms with Gasteiger partial charge < -0.3 is 39.5 Å². The first kappa shape index (κ1) is 23.3. The first-order chi connectivity index (χ1) is 10.9. The summed E-state index contributed by atoms with van der Waals surface area (Å²) < 4.78 is 49.1. The van der Waals surface area contributed by atoms with Crippen LogP contribution in [0.5, 0.6) is 0 Å². The van der Waals surface area contributed by atoms with E-state index >= 15 is 0 Å². The molecule has 0 aromatic rings. The van der Waals surface area contributed by atoms with Crippen LogP contribution in [-0.2, 0) is 39.5 Å². The molecule has 0 bridgehead atoms. The molecular formula is C11H30O9Si3. The average Bonchev–Trinajstić information content (AvgIpc) is 2.62. The van der Waals surface area contributed by atoms with E-state index in [0.717, 1.165) is 0 Å². The van der Waals surface area contributed by atoms with Crippen molar-refractivity contribution in [1.29, 1.82) is 0 Å². The molecule has 0 aliphatic carbocycles. The molecule has 0 saturated carbocycles. The number of rotatable bonds is 14. The van der Waals surface area contributed by atoms with Crippen LogP contribution in [0.2, 0.25) is 12.1 Å². The molecule has 0 aromatic carbocycles. The highest BCUT2D eigenvalue weighted by atomic mass is 28.5. The Morgan fingerprint density at radius 1 is 0.478 bits per heavy atom. The summed E-state index contributed by atoms with van der Waals surface area (Å²) in [5, 5.41) is 0. The van der Waals surface area contributed by atoms with E-state index in [9.17, 15) is 0 Å². The zero-order valence-corrected chi connectivity index (χ0v) is 18.3.